The number of piperazine rings is 1. The van der Waals surface area contributed by atoms with E-state index in [1.54, 1.807) is 4.31 Å². The van der Waals surface area contributed by atoms with E-state index in [9.17, 15) is 8.42 Å². The van der Waals surface area contributed by atoms with Gasteiger partial charge < -0.3 is 0 Å². The lowest BCUT2D eigenvalue weighted by molar-refractivity contribution is 0.180. The Morgan fingerprint density at radius 1 is 0.792 bits per heavy atom. The molecule has 0 bridgehead atoms. The third-order valence-electron chi connectivity index (χ3n) is 5.93. The maximum absolute atomic E-state index is 12.9. The third-order valence-corrected chi connectivity index (χ3v) is 7.84. The molecular weight excluding hydrogens is 320 g/mol. The van der Waals surface area contributed by atoms with Crippen LogP contribution in [0, 0.1) is 0 Å². The lowest BCUT2D eigenvalue weighted by Gasteiger charge is -2.34. The van der Waals surface area contributed by atoms with Gasteiger partial charge in [-0.3, -0.25) is 4.90 Å². The first kappa shape index (κ1) is 16.6. The molecule has 1 aromatic carbocycles. The Hall–Kier alpha value is -0.910. The summed E-state index contributed by atoms with van der Waals surface area (Å²) in [6.07, 6.45) is 9.01. The van der Waals surface area contributed by atoms with E-state index in [-0.39, 0.29) is 0 Å². The molecule has 24 heavy (non-hydrogen) atoms. The van der Waals surface area contributed by atoms with Crippen molar-refractivity contribution in [3.05, 3.63) is 29.8 Å². The van der Waals surface area contributed by atoms with Gasteiger partial charge in [0.15, 0.2) is 0 Å². The molecule has 1 heterocycles. The van der Waals surface area contributed by atoms with Crippen molar-refractivity contribution in [3.8, 4) is 0 Å². The van der Waals surface area contributed by atoms with Gasteiger partial charge in [-0.15, -0.1) is 0 Å². The standard InChI is InChI=1S/C19H28N2O2S/c22-24(23,21-14-12-20(13-15-21)18-8-9-18)19-10-6-17(7-11-19)16-4-2-1-3-5-16/h6-7,10-11,16,18H,1-5,8-9,12-15H2. The second-order valence-electron chi connectivity index (χ2n) is 7.58. The molecule has 3 aliphatic rings. The molecule has 1 aliphatic heterocycles. The molecule has 2 saturated carbocycles. The molecular formula is C19H28N2O2S. The van der Waals surface area contributed by atoms with Crippen molar-refractivity contribution in [2.45, 2.75) is 61.8 Å². The molecule has 5 heteroatoms. The molecule has 4 rings (SSSR count). The first-order valence-corrected chi connectivity index (χ1v) is 10.9. The van der Waals surface area contributed by atoms with Crippen LogP contribution in [0.15, 0.2) is 29.2 Å². The van der Waals surface area contributed by atoms with Crippen LogP contribution in [0.2, 0.25) is 0 Å². The van der Waals surface area contributed by atoms with Gasteiger partial charge in [-0.2, -0.15) is 4.31 Å². The van der Waals surface area contributed by atoms with Crippen LogP contribution in [-0.2, 0) is 10.0 Å². The number of benzene rings is 1. The number of nitrogens with zero attached hydrogens (tertiary/aromatic N) is 2. The minimum absolute atomic E-state index is 0.460. The Bertz CT molecular complexity index is 653. The highest BCUT2D eigenvalue weighted by molar-refractivity contribution is 7.89. The van der Waals surface area contributed by atoms with Crippen LogP contribution in [0.4, 0.5) is 0 Å². The zero-order valence-corrected chi connectivity index (χ0v) is 15.2. The van der Waals surface area contributed by atoms with E-state index in [1.165, 1.54) is 50.5 Å². The Kier molecular flexibility index (Phi) is 4.67. The third kappa shape index (κ3) is 3.39. The average molecular weight is 349 g/mol. The summed E-state index contributed by atoms with van der Waals surface area (Å²) >= 11 is 0. The quantitative estimate of drug-likeness (QED) is 0.839. The zero-order valence-electron chi connectivity index (χ0n) is 14.4. The van der Waals surface area contributed by atoms with Gasteiger partial charge in [0.05, 0.1) is 4.90 Å². The van der Waals surface area contributed by atoms with Gasteiger partial charge in [-0.05, 0) is 49.3 Å². The van der Waals surface area contributed by atoms with Gasteiger partial charge >= 0.3 is 0 Å². The van der Waals surface area contributed by atoms with Crippen molar-refractivity contribution in [1.29, 1.82) is 0 Å². The van der Waals surface area contributed by atoms with Crippen molar-refractivity contribution < 1.29 is 8.42 Å². The summed E-state index contributed by atoms with van der Waals surface area (Å²) in [6.45, 7) is 3.01. The molecule has 2 aliphatic carbocycles. The summed E-state index contributed by atoms with van der Waals surface area (Å²) in [5.41, 5.74) is 1.31. The van der Waals surface area contributed by atoms with Crippen molar-refractivity contribution in [2.75, 3.05) is 26.2 Å². The van der Waals surface area contributed by atoms with Crippen molar-refractivity contribution in [2.24, 2.45) is 0 Å². The van der Waals surface area contributed by atoms with E-state index >= 15 is 0 Å². The van der Waals surface area contributed by atoms with E-state index in [0.717, 1.165) is 19.1 Å². The fourth-order valence-corrected chi connectivity index (χ4v) is 5.67. The molecule has 0 amide bonds. The molecule has 1 aromatic rings. The second-order valence-corrected chi connectivity index (χ2v) is 9.51. The van der Waals surface area contributed by atoms with Gasteiger partial charge in [-0.25, -0.2) is 8.42 Å². The summed E-state index contributed by atoms with van der Waals surface area (Å²) in [4.78, 5) is 2.90. The highest BCUT2D eigenvalue weighted by Gasteiger charge is 2.34. The second kappa shape index (κ2) is 6.77. The van der Waals surface area contributed by atoms with Crippen LogP contribution in [0.5, 0.6) is 0 Å². The smallest absolute Gasteiger partial charge is 0.243 e. The van der Waals surface area contributed by atoms with E-state index in [1.807, 2.05) is 24.3 Å². The molecule has 0 aromatic heterocycles. The van der Waals surface area contributed by atoms with E-state index in [2.05, 4.69) is 4.90 Å². The molecule has 0 unspecified atom stereocenters. The lowest BCUT2D eigenvalue weighted by atomic mass is 9.84. The van der Waals surface area contributed by atoms with Crippen LogP contribution in [0.25, 0.3) is 0 Å². The SMILES string of the molecule is O=S(=O)(c1ccc(C2CCCCC2)cc1)N1CCN(C2CC2)CC1. The molecule has 4 nitrogen and oxygen atoms in total. The molecule has 1 saturated heterocycles. The van der Waals surface area contributed by atoms with Crippen LogP contribution in [-0.4, -0.2) is 49.8 Å². The van der Waals surface area contributed by atoms with Crippen molar-refractivity contribution in [1.82, 2.24) is 9.21 Å². The van der Waals surface area contributed by atoms with Gasteiger partial charge in [0.2, 0.25) is 10.0 Å². The molecule has 0 radical (unpaired) electrons. The van der Waals surface area contributed by atoms with Crippen LogP contribution >= 0.6 is 0 Å². The summed E-state index contributed by atoms with van der Waals surface area (Å²) in [7, 11) is -3.33. The fraction of sp³-hybridized carbons (Fsp3) is 0.684. The van der Waals surface area contributed by atoms with Gasteiger partial charge in [0, 0.05) is 32.2 Å². The maximum Gasteiger partial charge on any atom is 0.243 e. The maximum atomic E-state index is 12.9. The average Bonchev–Trinajstić information content (AvgIpc) is 3.48. The van der Waals surface area contributed by atoms with Crippen LogP contribution < -0.4 is 0 Å². The molecule has 132 valence electrons. The summed E-state index contributed by atoms with van der Waals surface area (Å²) in [5, 5.41) is 0. The van der Waals surface area contributed by atoms with Crippen LogP contribution in [0.3, 0.4) is 0 Å². The van der Waals surface area contributed by atoms with E-state index < -0.39 is 10.0 Å². The Morgan fingerprint density at radius 3 is 2.00 bits per heavy atom. The number of sulfonamides is 1. The monoisotopic (exact) mass is 348 g/mol. The largest absolute Gasteiger partial charge is 0.298 e. The van der Waals surface area contributed by atoms with Gasteiger partial charge in [0.1, 0.15) is 0 Å². The molecule has 0 spiro atoms. The highest BCUT2D eigenvalue weighted by atomic mass is 32.2. The van der Waals surface area contributed by atoms with Crippen molar-refractivity contribution in [3.63, 3.8) is 0 Å². The molecule has 0 atom stereocenters. The van der Waals surface area contributed by atoms with Crippen LogP contribution in [0.1, 0.15) is 56.4 Å². The van der Waals surface area contributed by atoms with E-state index in [4.69, 9.17) is 0 Å². The van der Waals surface area contributed by atoms with Crippen molar-refractivity contribution >= 4 is 10.0 Å². The first-order valence-electron chi connectivity index (χ1n) is 9.49. The van der Waals surface area contributed by atoms with E-state index in [0.29, 0.717) is 23.9 Å². The number of rotatable bonds is 4. The van der Waals surface area contributed by atoms with Gasteiger partial charge in [-0.1, -0.05) is 31.4 Å². The number of hydrogen-bond acceptors (Lipinski definition) is 3. The fourth-order valence-electron chi connectivity index (χ4n) is 4.25. The zero-order chi connectivity index (χ0) is 16.6. The Balaban J connectivity index is 1.43. The lowest BCUT2D eigenvalue weighted by Crippen LogP contribution is -2.49. The number of hydrogen-bond donors (Lipinski definition) is 0. The minimum Gasteiger partial charge on any atom is -0.298 e. The summed E-state index contributed by atoms with van der Waals surface area (Å²) in [5.74, 6) is 0.623. The predicted octanol–water partition coefficient (Wildman–Crippen LogP) is 3.20. The Morgan fingerprint density at radius 2 is 1.42 bits per heavy atom. The molecule has 0 N–H and O–H groups in total. The highest BCUT2D eigenvalue weighted by Crippen LogP contribution is 2.33. The van der Waals surface area contributed by atoms with Gasteiger partial charge in [0.25, 0.3) is 0 Å². The minimum atomic E-state index is -3.33. The predicted molar refractivity (Wildman–Crippen MR) is 95.6 cm³/mol. The summed E-state index contributed by atoms with van der Waals surface area (Å²) in [6, 6.07) is 8.47. The first-order chi connectivity index (χ1) is 11.6. The normalized spacial score (nSPS) is 25.0. The Labute approximate surface area is 145 Å². The summed E-state index contributed by atoms with van der Waals surface area (Å²) < 4.78 is 27.4. The molecule has 3 fully saturated rings. The topological polar surface area (TPSA) is 40.6 Å².